The standard InChI is InChI=1S/C19H19NO4/c1-11-9-16(10-17(12(11)2)19(23)24-4)20-18(22)15-7-5-14(6-8-15)13(3)21/h5-10H,1-4H3,(H,20,22). The van der Waals surface area contributed by atoms with Crippen molar-refractivity contribution in [3.8, 4) is 0 Å². The number of rotatable bonds is 4. The van der Waals surface area contributed by atoms with Gasteiger partial charge in [0, 0.05) is 16.8 Å². The highest BCUT2D eigenvalue weighted by Crippen LogP contribution is 2.21. The minimum Gasteiger partial charge on any atom is -0.465 e. The molecule has 2 aromatic carbocycles. The molecule has 0 bridgehead atoms. The maximum Gasteiger partial charge on any atom is 0.338 e. The van der Waals surface area contributed by atoms with Gasteiger partial charge in [-0.15, -0.1) is 0 Å². The summed E-state index contributed by atoms with van der Waals surface area (Å²) in [6.07, 6.45) is 0. The summed E-state index contributed by atoms with van der Waals surface area (Å²) in [6, 6.07) is 9.79. The van der Waals surface area contributed by atoms with Gasteiger partial charge >= 0.3 is 5.97 Å². The molecule has 0 aliphatic heterocycles. The zero-order valence-electron chi connectivity index (χ0n) is 14.1. The SMILES string of the molecule is COC(=O)c1cc(NC(=O)c2ccc(C(C)=O)cc2)cc(C)c1C. The molecule has 124 valence electrons. The molecule has 24 heavy (non-hydrogen) atoms. The number of amides is 1. The van der Waals surface area contributed by atoms with Gasteiger partial charge in [-0.2, -0.15) is 0 Å². The maximum atomic E-state index is 12.3. The predicted octanol–water partition coefficient (Wildman–Crippen LogP) is 3.54. The van der Waals surface area contributed by atoms with Gasteiger partial charge in [0.1, 0.15) is 0 Å². The third-order valence-electron chi connectivity index (χ3n) is 3.88. The first-order chi connectivity index (χ1) is 11.3. The molecule has 2 rings (SSSR count). The van der Waals surface area contributed by atoms with Gasteiger partial charge in [0.15, 0.2) is 5.78 Å². The van der Waals surface area contributed by atoms with Gasteiger partial charge in [0.2, 0.25) is 0 Å². The van der Waals surface area contributed by atoms with E-state index in [1.807, 2.05) is 13.8 Å². The number of nitrogens with one attached hydrogen (secondary N) is 1. The van der Waals surface area contributed by atoms with Crippen LogP contribution in [-0.2, 0) is 4.74 Å². The molecule has 2 aromatic rings. The van der Waals surface area contributed by atoms with Crippen LogP contribution in [-0.4, -0.2) is 24.8 Å². The van der Waals surface area contributed by atoms with Crippen LogP contribution in [0.25, 0.3) is 0 Å². The van der Waals surface area contributed by atoms with Gasteiger partial charge in [-0.05, 0) is 56.2 Å². The fourth-order valence-corrected chi connectivity index (χ4v) is 2.31. The summed E-state index contributed by atoms with van der Waals surface area (Å²) in [5.74, 6) is -0.819. The molecule has 0 saturated heterocycles. The molecule has 5 heteroatoms. The molecule has 5 nitrogen and oxygen atoms in total. The van der Waals surface area contributed by atoms with Crippen LogP contribution in [0, 0.1) is 13.8 Å². The fourth-order valence-electron chi connectivity index (χ4n) is 2.31. The van der Waals surface area contributed by atoms with Crippen LogP contribution >= 0.6 is 0 Å². The molecule has 0 heterocycles. The third-order valence-corrected chi connectivity index (χ3v) is 3.88. The van der Waals surface area contributed by atoms with Gasteiger partial charge in [-0.3, -0.25) is 9.59 Å². The molecule has 0 aromatic heterocycles. The van der Waals surface area contributed by atoms with E-state index in [2.05, 4.69) is 5.32 Å². The van der Waals surface area contributed by atoms with Gasteiger partial charge in [-0.1, -0.05) is 12.1 Å². The van der Waals surface area contributed by atoms with Crippen LogP contribution in [0.15, 0.2) is 36.4 Å². The Morgan fingerprint density at radius 1 is 0.958 bits per heavy atom. The average Bonchev–Trinajstić information content (AvgIpc) is 2.57. The number of carbonyl (C=O) groups excluding carboxylic acids is 3. The Balaban J connectivity index is 2.27. The van der Waals surface area contributed by atoms with Crippen molar-refractivity contribution in [2.45, 2.75) is 20.8 Å². The summed E-state index contributed by atoms with van der Waals surface area (Å²) in [4.78, 5) is 35.4. The number of benzene rings is 2. The Kier molecular flexibility index (Phi) is 5.14. The molecule has 0 spiro atoms. The topological polar surface area (TPSA) is 72.5 Å². The summed E-state index contributed by atoms with van der Waals surface area (Å²) >= 11 is 0. The lowest BCUT2D eigenvalue weighted by Gasteiger charge is -2.12. The lowest BCUT2D eigenvalue weighted by atomic mass is 10.0. The van der Waals surface area contributed by atoms with E-state index in [9.17, 15) is 14.4 Å². The van der Waals surface area contributed by atoms with Crippen molar-refractivity contribution >= 4 is 23.3 Å². The quantitative estimate of drug-likeness (QED) is 0.689. The Hall–Kier alpha value is -2.95. The maximum absolute atomic E-state index is 12.3. The molecular formula is C19H19NO4. The number of carbonyl (C=O) groups is 3. The number of hydrogen-bond acceptors (Lipinski definition) is 4. The smallest absolute Gasteiger partial charge is 0.338 e. The highest BCUT2D eigenvalue weighted by Gasteiger charge is 2.14. The van der Waals surface area contributed by atoms with Gasteiger partial charge in [-0.25, -0.2) is 4.79 Å². The first-order valence-corrected chi connectivity index (χ1v) is 7.45. The average molecular weight is 325 g/mol. The Morgan fingerprint density at radius 2 is 1.54 bits per heavy atom. The van der Waals surface area contributed by atoms with Crippen LogP contribution in [0.3, 0.4) is 0 Å². The molecule has 0 fully saturated rings. The monoisotopic (exact) mass is 325 g/mol. The number of ether oxygens (including phenoxy) is 1. The van der Waals surface area contributed by atoms with Crippen molar-refractivity contribution < 1.29 is 19.1 Å². The van der Waals surface area contributed by atoms with Crippen molar-refractivity contribution in [3.63, 3.8) is 0 Å². The molecule has 0 radical (unpaired) electrons. The van der Waals surface area contributed by atoms with Crippen LogP contribution in [0.4, 0.5) is 5.69 Å². The molecule has 0 aliphatic carbocycles. The molecule has 0 saturated carbocycles. The van der Waals surface area contributed by atoms with Crippen LogP contribution < -0.4 is 5.32 Å². The van der Waals surface area contributed by atoms with Crippen molar-refractivity contribution in [3.05, 3.63) is 64.2 Å². The normalized spacial score (nSPS) is 10.2. The highest BCUT2D eigenvalue weighted by atomic mass is 16.5. The largest absolute Gasteiger partial charge is 0.465 e. The van der Waals surface area contributed by atoms with Crippen LogP contribution in [0.2, 0.25) is 0 Å². The zero-order valence-corrected chi connectivity index (χ0v) is 14.1. The van der Waals surface area contributed by atoms with E-state index in [0.717, 1.165) is 11.1 Å². The fraction of sp³-hybridized carbons (Fsp3) is 0.211. The lowest BCUT2D eigenvalue weighted by molar-refractivity contribution is 0.0599. The number of Topliss-reactive ketones (excluding diaryl/α,β-unsaturated/α-hetero) is 1. The second-order valence-electron chi connectivity index (χ2n) is 5.54. The van der Waals surface area contributed by atoms with E-state index in [1.54, 1.807) is 36.4 Å². The van der Waals surface area contributed by atoms with Gasteiger partial charge < -0.3 is 10.1 Å². The molecule has 0 aliphatic rings. The summed E-state index contributed by atoms with van der Waals surface area (Å²) < 4.78 is 4.77. The van der Waals surface area contributed by atoms with Gasteiger partial charge in [0.25, 0.3) is 5.91 Å². The van der Waals surface area contributed by atoms with Crippen molar-refractivity contribution in [1.82, 2.24) is 0 Å². The van der Waals surface area contributed by atoms with Crippen molar-refractivity contribution in [2.24, 2.45) is 0 Å². The summed E-state index contributed by atoms with van der Waals surface area (Å²) in [6.45, 7) is 5.16. The predicted molar refractivity (Wildman–Crippen MR) is 91.7 cm³/mol. The lowest BCUT2D eigenvalue weighted by Crippen LogP contribution is -2.14. The van der Waals surface area contributed by atoms with E-state index in [0.29, 0.717) is 22.4 Å². The third kappa shape index (κ3) is 3.68. The van der Waals surface area contributed by atoms with Crippen molar-refractivity contribution in [1.29, 1.82) is 0 Å². The minimum atomic E-state index is -0.447. The second kappa shape index (κ2) is 7.08. The number of anilines is 1. The minimum absolute atomic E-state index is 0.0566. The first kappa shape index (κ1) is 17.4. The van der Waals surface area contributed by atoms with E-state index in [-0.39, 0.29) is 11.7 Å². The number of ketones is 1. The zero-order chi connectivity index (χ0) is 17.9. The Labute approximate surface area is 140 Å². The second-order valence-corrected chi connectivity index (χ2v) is 5.54. The molecule has 1 N–H and O–H groups in total. The van der Waals surface area contributed by atoms with E-state index >= 15 is 0 Å². The number of esters is 1. The molecular weight excluding hydrogens is 306 g/mol. The first-order valence-electron chi connectivity index (χ1n) is 7.45. The van der Waals surface area contributed by atoms with Crippen LogP contribution in [0.1, 0.15) is 49.1 Å². The summed E-state index contributed by atoms with van der Waals surface area (Å²) in [5, 5.41) is 2.76. The number of hydrogen-bond donors (Lipinski definition) is 1. The highest BCUT2D eigenvalue weighted by molar-refractivity contribution is 6.05. The number of aryl methyl sites for hydroxylation is 1. The molecule has 1 amide bonds. The summed E-state index contributed by atoms with van der Waals surface area (Å²) in [7, 11) is 1.32. The molecule has 0 atom stereocenters. The summed E-state index contributed by atoms with van der Waals surface area (Å²) in [5.41, 5.74) is 3.59. The van der Waals surface area contributed by atoms with Gasteiger partial charge in [0.05, 0.1) is 12.7 Å². The Morgan fingerprint density at radius 3 is 2.08 bits per heavy atom. The van der Waals surface area contributed by atoms with Crippen LogP contribution in [0.5, 0.6) is 0 Å². The van der Waals surface area contributed by atoms with E-state index < -0.39 is 5.97 Å². The molecule has 0 unspecified atom stereocenters. The number of methoxy groups -OCH3 is 1. The van der Waals surface area contributed by atoms with E-state index in [1.165, 1.54) is 14.0 Å². The van der Waals surface area contributed by atoms with Crippen molar-refractivity contribution in [2.75, 3.05) is 12.4 Å². The Bertz CT molecular complexity index is 807. The van der Waals surface area contributed by atoms with E-state index in [4.69, 9.17) is 4.74 Å².